The molecular weight excluding hydrogens is 1090 g/mol. The second-order valence-corrected chi connectivity index (χ2v) is 26.6. The molecule has 6 aliphatic rings. The number of nitrogens with zero attached hydrogens (tertiary/aromatic N) is 8. The first-order valence-corrected chi connectivity index (χ1v) is 30.2. The summed E-state index contributed by atoms with van der Waals surface area (Å²) in [5.74, 6) is -0.603. The number of amides is 2. The number of thioether (sulfide) groups is 2. The summed E-state index contributed by atoms with van der Waals surface area (Å²) in [5, 5.41) is 7.42. The van der Waals surface area contributed by atoms with Crippen LogP contribution < -0.4 is 20.9 Å². The smallest absolute Gasteiger partial charge is 0.300 e. The highest BCUT2D eigenvalue weighted by Gasteiger charge is 2.44. The Bertz CT molecular complexity index is 3610. The van der Waals surface area contributed by atoms with E-state index in [1.807, 2.05) is 36.4 Å². The average molecular weight is 1140 g/mol. The molecule has 0 saturated carbocycles. The quantitative estimate of drug-likeness (QED) is 0.163. The van der Waals surface area contributed by atoms with Crippen LogP contribution in [0.1, 0.15) is 53.1 Å². The van der Waals surface area contributed by atoms with Gasteiger partial charge in [-0.05, 0) is 84.4 Å². The van der Waals surface area contributed by atoms with Crippen LogP contribution in [0.5, 0.6) is 0 Å². The van der Waals surface area contributed by atoms with Gasteiger partial charge in [-0.15, -0.1) is 0 Å². The fourth-order valence-electron chi connectivity index (χ4n) is 10.1. The Morgan fingerprint density at radius 2 is 0.974 bits per heavy atom. The van der Waals surface area contributed by atoms with Crippen LogP contribution in [0.3, 0.4) is 0 Å². The van der Waals surface area contributed by atoms with Gasteiger partial charge in [0.15, 0.2) is 19.7 Å². The molecular formula is C52H48N8O10S6. The minimum absolute atomic E-state index is 0.0459. The predicted octanol–water partition coefficient (Wildman–Crippen LogP) is 5.38. The molecule has 4 saturated heterocycles. The van der Waals surface area contributed by atoms with E-state index in [2.05, 4.69) is 34.1 Å². The van der Waals surface area contributed by atoms with E-state index in [0.717, 1.165) is 43.3 Å². The topological polar surface area (TPSA) is 221 Å². The third-order valence-corrected chi connectivity index (χ3v) is 19.9. The van der Waals surface area contributed by atoms with Gasteiger partial charge in [0.25, 0.3) is 28.9 Å². The second-order valence-electron chi connectivity index (χ2n) is 18.8. The number of sulfone groups is 2. The number of fused-ring (bicyclic) bond motifs is 4. The normalized spacial score (nSPS) is 21.7. The first-order chi connectivity index (χ1) is 36.3. The number of hydrogen-bond acceptors (Lipinski definition) is 17. The van der Waals surface area contributed by atoms with Crippen molar-refractivity contribution in [2.24, 2.45) is 0 Å². The fraction of sp³-hybridized carbons (Fsp3) is 0.288. The zero-order valence-corrected chi connectivity index (χ0v) is 45.6. The van der Waals surface area contributed by atoms with Crippen molar-refractivity contribution in [2.75, 3.05) is 45.9 Å². The molecule has 6 aromatic rings. The largest absolute Gasteiger partial charge is 0.481 e. The molecule has 2 atom stereocenters. The zero-order valence-electron chi connectivity index (χ0n) is 40.7. The van der Waals surface area contributed by atoms with E-state index < -0.39 is 37.7 Å². The van der Waals surface area contributed by atoms with E-state index in [1.54, 1.807) is 48.8 Å². The third-order valence-electron chi connectivity index (χ3n) is 13.7. The molecule has 4 fully saturated rings. The Labute approximate surface area is 456 Å². The Balaban J connectivity index is 0.000000162. The summed E-state index contributed by atoms with van der Waals surface area (Å²) in [6, 6.07) is 26.3. The molecule has 392 valence electrons. The molecule has 2 amide bonds. The van der Waals surface area contributed by atoms with Gasteiger partial charge in [-0.2, -0.15) is 0 Å². The van der Waals surface area contributed by atoms with Gasteiger partial charge in [0.05, 0.1) is 56.0 Å². The van der Waals surface area contributed by atoms with Crippen LogP contribution in [-0.2, 0) is 60.0 Å². The number of anilines is 2. The minimum Gasteiger partial charge on any atom is -0.481 e. The summed E-state index contributed by atoms with van der Waals surface area (Å²) in [5.41, 5.74) is 6.05. The van der Waals surface area contributed by atoms with Crippen molar-refractivity contribution >= 4 is 129 Å². The maximum absolute atomic E-state index is 13.6. The lowest BCUT2D eigenvalue weighted by Gasteiger charge is -2.30. The Morgan fingerprint density at radius 1 is 0.605 bits per heavy atom. The van der Waals surface area contributed by atoms with Gasteiger partial charge < -0.3 is 14.9 Å². The van der Waals surface area contributed by atoms with Gasteiger partial charge in [0.2, 0.25) is 0 Å². The van der Waals surface area contributed by atoms with Gasteiger partial charge in [-0.1, -0.05) is 109 Å². The molecule has 10 heterocycles. The minimum atomic E-state index is -3.19. The van der Waals surface area contributed by atoms with Gasteiger partial charge >= 0.3 is 0 Å². The lowest BCUT2D eigenvalue weighted by atomic mass is 9.99. The first kappa shape index (κ1) is 52.9. The fourth-order valence-corrected chi connectivity index (χ4v) is 16.2. The van der Waals surface area contributed by atoms with Gasteiger partial charge in [0.1, 0.15) is 31.6 Å². The maximum Gasteiger partial charge on any atom is 0.300 e. The molecule has 0 spiro atoms. The van der Waals surface area contributed by atoms with Crippen molar-refractivity contribution in [3.8, 4) is 0 Å². The number of carboxylic acid groups (broad SMARTS) is 1. The monoisotopic (exact) mass is 1140 g/mol. The molecule has 6 aliphatic heterocycles. The van der Waals surface area contributed by atoms with Crippen LogP contribution in [0.25, 0.3) is 23.4 Å². The maximum atomic E-state index is 13.6. The number of thiocarbonyl (C=S) groups is 2. The summed E-state index contributed by atoms with van der Waals surface area (Å²) in [6.07, 6.45) is 8.84. The van der Waals surface area contributed by atoms with Crippen molar-refractivity contribution in [3.05, 3.63) is 161 Å². The molecule has 2 unspecified atom stereocenters. The molecule has 0 radical (unpaired) electrons. The number of carboxylic acids is 1. The molecule has 18 nitrogen and oxygen atoms in total. The van der Waals surface area contributed by atoms with E-state index in [9.17, 15) is 36.0 Å². The average Bonchev–Trinajstić information content (AvgIpc) is 4.17. The van der Waals surface area contributed by atoms with Crippen molar-refractivity contribution in [1.29, 1.82) is 0 Å². The Morgan fingerprint density at radius 3 is 1.34 bits per heavy atom. The Hall–Kier alpha value is -6.57. The summed E-state index contributed by atoms with van der Waals surface area (Å²) < 4.78 is 51.6. The number of benzene rings is 2. The zero-order chi connectivity index (χ0) is 53.6. The lowest BCUT2D eigenvalue weighted by molar-refractivity contribution is -0.134. The number of aromatic nitrogens is 4. The Kier molecular flexibility index (Phi) is 14.9. The highest BCUT2D eigenvalue weighted by Crippen LogP contribution is 2.39. The number of aliphatic carboxylic acids is 1. The molecule has 0 bridgehead atoms. The first-order valence-electron chi connectivity index (χ1n) is 24.2. The van der Waals surface area contributed by atoms with Crippen LogP contribution in [0.2, 0.25) is 0 Å². The summed E-state index contributed by atoms with van der Waals surface area (Å²) in [6.45, 7) is 3.67. The van der Waals surface area contributed by atoms with Crippen molar-refractivity contribution in [2.45, 2.75) is 57.8 Å². The molecule has 0 aliphatic carbocycles. The van der Waals surface area contributed by atoms with E-state index in [1.165, 1.54) is 40.9 Å². The van der Waals surface area contributed by atoms with E-state index >= 15 is 0 Å². The van der Waals surface area contributed by atoms with E-state index in [-0.39, 0.29) is 45.9 Å². The summed E-state index contributed by atoms with van der Waals surface area (Å²) in [4.78, 5) is 80.2. The standard InChI is InChI=1S/2C25H22N4O4S3.C2H4O2/c2*30-23-19(13-20-24(31)29(25(34)35-20)18-9-12-36(32,33)15-18)22(26-21-7-3-4-10-28(21)23)27-11-8-16-5-1-2-6-17(16)14-27;1-2(3)4/h2*1-7,10,13,18H,8-9,11-12,14-15H2;1H3,(H,3,4)/b2*20-13-;. The summed E-state index contributed by atoms with van der Waals surface area (Å²) >= 11 is 13.1. The predicted molar refractivity (Wildman–Crippen MR) is 303 cm³/mol. The van der Waals surface area contributed by atoms with Gasteiger partial charge in [0, 0.05) is 45.5 Å². The molecule has 2 aromatic carbocycles. The van der Waals surface area contributed by atoms with Crippen LogP contribution in [0.4, 0.5) is 11.6 Å². The van der Waals surface area contributed by atoms with Crippen molar-refractivity contribution in [1.82, 2.24) is 28.6 Å². The van der Waals surface area contributed by atoms with Crippen LogP contribution in [-0.4, -0.2) is 125 Å². The van der Waals surface area contributed by atoms with Gasteiger partial charge in [-0.3, -0.25) is 42.6 Å². The van der Waals surface area contributed by atoms with Crippen molar-refractivity contribution in [3.63, 3.8) is 0 Å². The van der Waals surface area contributed by atoms with Gasteiger partial charge in [-0.25, -0.2) is 26.8 Å². The van der Waals surface area contributed by atoms with E-state index in [0.29, 0.717) is 91.5 Å². The van der Waals surface area contributed by atoms with E-state index in [4.69, 9.17) is 44.3 Å². The highest BCUT2D eigenvalue weighted by atomic mass is 32.2. The molecule has 24 heteroatoms. The number of pyridine rings is 2. The lowest BCUT2D eigenvalue weighted by Crippen LogP contribution is -2.39. The highest BCUT2D eigenvalue weighted by molar-refractivity contribution is 8.27. The molecule has 4 aromatic heterocycles. The SMILES string of the molecule is CC(=O)O.O=C1/C(=C/c2c(N3CCc4ccccc4C3)nc3ccccn3c2=O)SC(=S)N1C1CCS(=O)(=O)C1.O=C1/C(=C/c2c(N3CCc4ccccc4C3)nc3ccccn3c2=O)SC(=S)N1C1CCS(=O)(=O)C1. The van der Waals surface area contributed by atoms with Crippen LogP contribution in [0, 0.1) is 0 Å². The van der Waals surface area contributed by atoms with Crippen LogP contribution in [0.15, 0.2) is 117 Å². The number of rotatable bonds is 6. The summed E-state index contributed by atoms with van der Waals surface area (Å²) in [7, 11) is -6.37. The number of carbonyl (C=O) groups is 3. The van der Waals surface area contributed by atoms with Crippen LogP contribution >= 0.6 is 48.0 Å². The molecule has 76 heavy (non-hydrogen) atoms. The molecule has 12 rings (SSSR count). The molecule has 1 N–H and O–H groups in total. The third kappa shape index (κ3) is 10.9. The number of carbonyl (C=O) groups excluding carboxylic acids is 2. The second kappa shape index (κ2) is 21.5. The van der Waals surface area contributed by atoms with Crippen molar-refractivity contribution < 1.29 is 36.3 Å². The number of hydrogen-bond donors (Lipinski definition) is 1.